The van der Waals surface area contributed by atoms with Gasteiger partial charge in [0.25, 0.3) is 0 Å². The summed E-state index contributed by atoms with van der Waals surface area (Å²) in [5, 5.41) is 0.740. The van der Waals surface area contributed by atoms with Crippen molar-refractivity contribution >= 4 is 27.2 Å². The number of hydrogen-bond donors (Lipinski definition) is 2. The lowest BCUT2D eigenvalue weighted by atomic mass is 10.4. The van der Waals surface area contributed by atoms with Gasteiger partial charge in [0, 0.05) is 17.3 Å². The maximum atomic E-state index is 12.0. The van der Waals surface area contributed by atoms with Gasteiger partial charge in [0.2, 0.25) is 10.0 Å². The van der Waals surface area contributed by atoms with Gasteiger partial charge in [-0.05, 0) is 18.6 Å². The fourth-order valence-electron chi connectivity index (χ4n) is 1.38. The molecule has 2 rings (SSSR count). The van der Waals surface area contributed by atoms with E-state index >= 15 is 0 Å². The molecule has 102 valence electrons. The first kappa shape index (κ1) is 13.9. The van der Waals surface area contributed by atoms with Crippen LogP contribution in [0.15, 0.2) is 29.4 Å². The highest BCUT2D eigenvalue weighted by Gasteiger charge is 2.14. The van der Waals surface area contributed by atoms with Crippen molar-refractivity contribution in [1.29, 1.82) is 0 Å². The molecule has 2 aromatic heterocycles. The highest BCUT2D eigenvalue weighted by atomic mass is 32.2. The van der Waals surface area contributed by atoms with Crippen LogP contribution in [0, 0.1) is 0 Å². The predicted octanol–water partition coefficient (Wildman–Crippen LogP) is 1.16. The summed E-state index contributed by atoms with van der Waals surface area (Å²) < 4.78 is 26.4. The van der Waals surface area contributed by atoms with E-state index in [9.17, 15) is 8.42 Å². The lowest BCUT2D eigenvalue weighted by molar-refractivity contribution is 0.581. The largest absolute Gasteiger partial charge is 0.384 e. The first-order valence-electron chi connectivity index (χ1n) is 5.66. The van der Waals surface area contributed by atoms with E-state index in [0.29, 0.717) is 0 Å². The van der Waals surface area contributed by atoms with E-state index in [1.54, 1.807) is 6.20 Å². The minimum absolute atomic E-state index is 0.0916. The Bertz CT molecular complexity index is 650. The van der Waals surface area contributed by atoms with Gasteiger partial charge in [0.1, 0.15) is 15.7 Å². The van der Waals surface area contributed by atoms with Gasteiger partial charge in [-0.3, -0.25) is 0 Å². The number of pyridine rings is 1. The molecule has 0 fully saturated rings. The molecular formula is C11H14N4O2S2. The third-order valence-corrected chi connectivity index (χ3v) is 4.96. The van der Waals surface area contributed by atoms with Gasteiger partial charge >= 0.3 is 0 Å². The molecule has 0 aliphatic rings. The smallest absolute Gasteiger partial charge is 0.242 e. The summed E-state index contributed by atoms with van der Waals surface area (Å²) in [6, 6.07) is 2.87. The maximum Gasteiger partial charge on any atom is 0.242 e. The van der Waals surface area contributed by atoms with E-state index in [2.05, 4.69) is 14.7 Å². The van der Waals surface area contributed by atoms with Gasteiger partial charge in [0.05, 0.1) is 6.54 Å². The van der Waals surface area contributed by atoms with Crippen molar-refractivity contribution in [2.75, 3.05) is 5.73 Å². The van der Waals surface area contributed by atoms with Gasteiger partial charge < -0.3 is 5.73 Å². The predicted molar refractivity (Wildman–Crippen MR) is 74.2 cm³/mol. The zero-order chi connectivity index (χ0) is 13.9. The van der Waals surface area contributed by atoms with Gasteiger partial charge in [-0.25, -0.2) is 23.1 Å². The maximum absolute atomic E-state index is 12.0. The zero-order valence-electron chi connectivity index (χ0n) is 10.3. The second-order valence-electron chi connectivity index (χ2n) is 3.82. The van der Waals surface area contributed by atoms with E-state index in [-0.39, 0.29) is 17.3 Å². The Morgan fingerprint density at radius 3 is 2.68 bits per heavy atom. The fraction of sp³-hybridized carbons (Fsp3) is 0.273. The summed E-state index contributed by atoms with van der Waals surface area (Å²) in [5.41, 5.74) is 5.42. The Labute approximate surface area is 115 Å². The number of hydrogen-bond acceptors (Lipinski definition) is 6. The molecule has 6 nitrogen and oxygen atoms in total. The Hall–Kier alpha value is -1.51. The third kappa shape index (κ3) is 3.49. The van der Waals surface area contributed by atoms with Crippen molar-refractivity contribution in [3.05, 3.63) is 34.4 Å². The van der Waals surface area contributed by atoms with Crippen LogP contribution in [0.3, 0.4) is 0 Å². The molecule has 0 aromatic carbocycles. The Kier molecular flexibility index (Phi) is 4.13. The fourth-order valence-corrected chi connectivity index (χ4v) is 3.21. The molecule has 8 heteroatoms. The molecule has 0 spiro atoms. The molecule has 0 saturated heterocycles. The van der Waals surface area contributed by atoms with Crippen LogP contribution < -0.4 is 10.5 Å². The average Bonchev–Trinajstić information content (AvgIpc) is 2.85. The summed E-state index contributed by atoms with van der Waals surface area (Å²) >= 11 is 1.50. The second-order valence-corrected chi connectivity index (χ2v) is 6.78. The highest BCUT2D eigenvalue weighted by molar-refractivity contribution is 7.89. The molecule has 0 aliphatic carbocycles. The van der Waals surface area contributed by atoms with Crippen molar-refractivity contribution in [3.8, 4) is 0 Å². The lowest BCUT2D eigenvalue weighted by Crippen LogP contribution is -2.23. The Morgan fingerprint density at radius 1 is 1.32 bits per heavy atom. The molecule has 0 atom stereocenters. The molecule has 0 unspecified atom stereocenters. The molecule has 3 N–H and O–H groups in total. The number of aryl methyl sites for hydroxylation is 1. The molecule has 19 heavy (non-hydrogen) atoms. The number of sulfonamides is 1. The molecular weight excluding hydrogens is 284 g/mol. The van der Waals surface area contributed by atoms with Crippen LogP contribution in [0.4, 0.5) is 5.82 Å². The molecule has 0 bridgehead atoms. The van der Waals surface area contributed by atoms with Crippen LogP contribution in [0.25, 0.3) is 0 Å². The van der Waals surface area contributed by atoms with E-state index in [1.165, 1.54) is 29.7 Å². The van der Waals surface area contributed by atoms with Crippen LogP contribution >= 0.6 is 11.3 Å². The quantitative estimate of drug-likeness (QED) is 0.863. The molecule has 0 aliphatic heterocycles. The van der Waals surface area contributed by atoms with Crippen LogP contribution in [0.5, 0.6) is 0 Å². The van der Waals surface area contributed by atoms with E-state index < -0.39 is 10.0 Å². The monoisotopic (exact) mass is 298 g/mol. The van der Waals surface area contributed by atoms with E-state index in [1.807, 2.05) is 6.92 Å². The number of nitrogens with zero attached hydrogens (tertiary/aromatic N) is 2. The van der Waals surface area contributed by atoms with Gasteiger partial charge in [-0.15, -0.1) is 11.3 Å². The van der Waals surface area contributed by atoms with Crippen molar-refractivity contribution < 1.29 is 8.42 Å². The first-order chi connectivity index (χ1) is 9.01. The van der Waals surface area contributed by atoms with Crippen LogP contribution in [-0.2, 0) is 23.0 Å². The minimum Gasteiger partial charge on any atom is -0.384 e. The number of aromatic nitrogens is 2. The van der Waals surface area contributed by atoms with Crippen molar-refractivity contribution in [1.82, 2.24) is 14.7 Å². The number of anilines is 1. The summed E-state index contributed by atoms with van der Waals surface area (Å²) in [6.07, 6.45) is 3.89. The summed E-state index contributed by atoms with van der Waals surface area (Å²) in [6.45, 7) is 2.21. The Balaban J connectivity index is 2.07. The zero-order valence-corrected chi connectivity index (χ0v) is 12.0. The number of nitrogens with one attached hydrogen (secondary N) is 1. The van der Waals surface area contributed by atoms with Crippen molar-refractivity contribution in [3.63, 3.8) is 0 Å². The normalized spacial score (nSPS) is 11.6. The van der Waals surface area contributed by atoms with Crippen molar-refractivity contribution in [2.24, 2.45) is 0 Å². The van der Waals surface area contributed by atoms with Gasteiger partial charge in [-0.1, -0.05) is 6.92 Å². The van der Waals surface area contributed by atoms with Crippen LogP contribution in [0.2, 0.25) is 0 Å². The summed E-state index contributed by atoms with van der Waals surface area (Å²) in [7, 11) is -3.57. The van der Waals surface area contributed by atoms with E-state index in [0.717, 1.165) is 16.3 Å². The third-order valence-electron chi connectivity index (χ3n) is 2.43. The highest BCUT2D eigenvalue weighted by Crippen LogP contribution is 2.14. The van der Waals surface area contributed by atoms with Gasteiger partial charge in [0.15, 0.2) is 0 Å². The van der Waals surface area contributed by atoms with Crippen LogP contribution in [0.1, 0.15) is 16.8 Å². The van der Waals surface area contributed by atoms with E-state index in [4.69, 9.17) is 5.73 Å². The first-order valence-corrected chi connectivity index (χ1v) is 7.96. The lowest BCUT2D eigenvalue weighted by Gasteiger charge is -2.04. The molecule has 2 heterocycles. The summed E-state index contributed by atoms with van der Waals surface area (Å²) in [4.78, 5) is 9.14. The average molecular weight is 298 g/mol. The van der Waals surface area contributed by atoms with Crippen molar-refractivity contribution in [2.45, 2.75) is 24.8 Å². The number of nitrogens with two attached hydrogens (primary N) is 1. The second kappa shape index (κ2) is 5.64. The SMILES string of the molecule is CCc1cnc(CNS(=O)(=O)c2ccc(N)nc2)s1. The number of rotatable bonds is 5. The summed E-state index contributed by atoms with van der Waals surface area (Å²) in [5.74, 6) is 0.284. The standard InChI is InChI=1S/C11H14N4O2S2/c1-2-8-5-14-11(18-8)7-15-19(16,17)9-3-4-10(12)13-6-9/h3-6,15H,2,7H2,1H3,(H2,12,13). The topological polar surface area (TPSA) is 98.0 Å². The number of nitrogen functional groups attached to an aromatic ring is 1. The minimum atomic E-state index is -3.57. The Morgan fingerprint density at radius 2 is 2.11 bits per heavy atom. The molecule has 0 amide bonds. The molecule has 2 aromatic rings. The molecule has 0 radical (unpaired) electrons. The molecule has 0 saturated carbocycles. The van der Waals surface area contributed by atoms with Crippen LogP contribution in [-0.4, -0.2) is 18.4 Å². The van der Waals surface area contributed by atoms with Gasteiger partial charge in [-0.2, -0.15) is 0 Å². The number of thiazole rings is 1.